The highest BCUT2D eigenvalue weighted by atomic mass is 19.3. The maximum Gasteiger partial charge on any atom is 0.405 e. The van der Waals surface area contributed by atoms with Crippen molar-refractivity contribution < 1.29 is 23.1 Å². The lowest BCUT2D eigenvalue weighted by Crippen LogP contribution is -2.40. The highest BCUT2D eigenvalue weighted by molar-refractivity contribution is 6.13. The maximum atomic E-state index is 13.4. The van der Waals surface area contributed by atoms with Crippen molar-refractivity contribution in [2.45, 2.75) is 19.8 Å². The first-order valence-corrected chi connectivity index (χ1v) is 4.92. The molecule has 17 heavy (non-hydrogen) atoms. The van der Waals surface area contributed by atoms with Crippen molar-refractivity contribution in [1.29, 1.82) is 0 Å². The van der Waals surface area contributed by atoms with Crippen molar-refractivity contribution in [2.75, 3.05) is 6.61 Å². The van der Waals surface area contributed by atoms with Gasteiger partial charge in [0.25, 0.3) is 5.78 Å². The first-order chi connectivity index (χ1) is 7.91. The number of rotatable bonds is 4. The van der Waals surface area contributed by atoms with E-state index in [2.05, 4.69) is 9.72 Å². The Morgan fingerprint density at radius 1 is 1.47 bits per heavy atom. The number of ketones is 1. The summed E-state index contributed by atoms with van der Waals surface area (Å²) in [6.07, 6.45) is 1.21. The lowest BCUT2D eigenvalue weighted by molar-refractivity contribution is -0.164. The van der Waals surface area contributed by atoms with Gasteiger partial charge in [-0.25, -0.2) is 4.79 Å². The largest absolute Gasteiger partial charge is 0.461 e. The Kier molecular flexibility index (Phi) is 3.88. The number of pyridine rings is 1. The lowest BCUT2D eigenvalue weighted by atomic mass is 10.1. The minimum Gasteiger partial charge on any atom is -0.461 e. The zero-order valence-electron chi connectivity index (χ0n) is 9.37. The summed E-state index contributed by atoms with van der Waals surface area (Å²) in [5.74, 6) is -7.70. The van der Waals surface area contributed by atoms with Gasteiger partial charge in [0.05, 0.1) is 6.61 Å². The van der Waals surface area contributed by atoms with Crippen molar-refractivity contribution in [1.82, 2.24) is 4.98 Å². The van der Waals surface area contributed by atoms with Crippen molar-refractivity contribution >= 4 is 11.8 Å². The quantitative estimate of drug-likeness (QED) is 0.459. The number of ether oxygens (including phenoxy) is 1. The number of hydrogen-bond donors (Lipinski definition) is 0. The van der Waals surface area contributed by atoms with Gasteiger partial charge in [-0.15, -0.1) is 0 Å². The minimum absolute atomic E-state index is 0.219. The number of aryl methyl sites for hydroxylation is 1. The average molecular weight is 243 g/mol. The van der Waals surface area contributed by atoms with Gasteiger partial charge in [-0.1, -0.05) is 6.07 Å². The Morgan fingerprint density at radius 2 is 2.12 bits per heavy atom. The zero-order valence-corrected chi connectivity index (χ0v) is 9.37. The number of carbonyl (C=O) groups excluding carboxylic acids is 2. The number of halogens is 2. The Labute approximate surface area is 96.6 Å². The van der Waals surface area contributed by atoms with Crippen LogP contribution in [0.2, 0.25) is 0 Å². The second-order valence-electron chi connectivity index (χ2n) is 3.29. The summed E-state index contributed by atoms with van der Waals surface area (Å²) in [4.78, 5) is 26.0. The van der Waals surface area contributed by atoms with Crippen LogP contribution >= 0.6 is 0 Å². The minimum atomic E-state index is -4.20. The van der Waals surface area contributed by atoms with E-state index in [0.717, 1.165) is 0 Å². The fraction of sp³-hybridized carbons (Fsp3) is 0.364. The molecule has 1 aromatic heterocycles. The summed E-state index contributed by atoms with van der Waals surface area (Å²) in [6.45, 7) is 2.62. The molecule has 0 amide bonds. The molecule has 0 aliphatic rings. The van der Waals surface area contributed by atoms with Crippen molar-refractivity contribution in [3.05, 3.63) is 29.6 Å². The molecule has 1 heterocycles. The Bertz CT molecular complexity index is 446. The zero-order chi connectivity index (χ0) is 13.1. The Morgan fingerprint density at radius 3 is 2.65 bits per heavy atom. The normalized spacial score (nSPS) is 11.1. The SMILES string of the molecule is CCOC(=O)C(F)(F)C(=O)c1ncccc1C. The van der Waals surface area contributed by atoms with E-state index >= 15 is 0 Å². The van der Waals surface area contributed by atoms with Crippen molar-refractivity contribution in [2.24, 2.45) is 0 Å². The number of aromatic nitrogens is 1. The van der Waals surface area contributed by atoms with E-state index in [1.807, 2.05) is 0 Å². The van der Waals surface area contributed by atoms with Crippen LogP contribution in [0.1, 0.15) is 23.0 Å². The van der Waals surface area contributed by atoms with Gasteiger partial charge in [0.15, 0.2) is 0 Å². The predicted octanol–water partition coefficient (Wildman–Crippen LogP) is 1.77. The number of Topliss-reactive ketones (excluding diaryl/α,β-unsaturated/α-hetero) is 1. The van der Waals surface area contributed by atoms with E-state index in [1.54, 1.807) is 0 Å². The molecular formula is C11H11F2NO3. The molecule has 0 atom stereocenters. The summed E-state index contributed by atoms with van der Waals surface area (Å²) in [5, 5.41) is 0. The van der Waals surface area contributed by atoms with Gasteiger partial charge in [-0.3, -0.25) is 9.78 Å². The topological polar surface area (TPSA) is 56.3 Å². The van der Waals surface area contributed by atoms with Gasteiger partial charge >= 0.3 is 11.9 Å². The molecule has 0 aliphatic heterocycles. The molecule has 0 bridgehead atoms. The lowest BCUT2D eigenvalue weighted by Gasteiger charge is -2.13. The monoisotopic (exact) mass is 243 g/mol. The molecular weight excluding hydrogens is 232 g/mol. The molecule has 0 saturated carbocycles. The molecule has 1 aromatic rings. The summed E-state index contributed by atoms with van der Waals surface area (Å²) in [6, 6.07) is 2.97. The van der Waals surface area contributed by atoms with Crippen molar-refractivity contribution in [3.8, 4) is 0 Å². The standard InChI is InChI=1S/C11H11F2NO3/c1-3-17-10(16)11(12,13)9(15)8-7(2)5-4-6-14-8/h4-6H,3H2,1-2H3. The van der Waals surface area contributed by atoms with Crippen LogP contribution in [0.4, 0.5) is 8.78 Å². The molecule has 0 saturated heterocycles. The number of esters is 1. The molecule has 0 spiro atoms. The van der Waals surface area contributed by atoms with Crippen LogP contribution in [0.25, 0.3) is 0 Å². The first-order valence-electron chi connectivity index (χ1n) is 4.92. The maximum absolute atomic E-state index is 13.4. The fourth-order valence-corrected chi connectivity index (χ4v) is 1.19. The molecule has 0 unspecified atom stereocenters. The fourth-order valence-electron chi connectivity index (χ4n) is 1.19. The van der Waals surface area contributed by atoms with E-state index < -0.39 is 23.4 Å². The summed E-state index contributed by atoms with van der Waals surface area (Å²) < 4.78 is 31.0. The highest BCUT2D eigenvalue weighted by Crippen LogP contribution is 2.22. The predicted molar refractivity (Wildman–Crippen MR) is 54.9 cm³/mol. The Hall–Kier alpha value is -1.85. The van der Waals surface area contributed by atoms with Crippen LogP contribution in [-0.4, -0.2) is 29.3 Å². The number of hydrogen-bond acceptors (Lipinski definition) is 4. The number of nitrogens with zero attached hydrogens (tertiary/aromatic N) is 1. The molecule has 0 N–H and O–H groups in total. The second kappa shape index (κ2) is 4.99. The van der Waals surface area contributed by atoms with Gasteiger partial charge in [-0.2, -0.15) is 8.78 Å². The van der Waals surface area contributed by atoms with Gasteiger partial charge in [0.1, 0.15) is 5.69 Å². The summed E-state index contributed by atoms with van der Waals surface area (Å²) in [7, 11) is 0. The molecule has 1 rings (SSSR count). The van der Waals surface area contributed by atoms with Gasteiger partial charge in [-0.05, 0) is 25.5 Å². The van der Waals surface area contributed by atoms with E-state index in [0.29, 0.717) is 0 Å². The van der Waals surface area contributed by atoms with E-state index in [4.69, 9.17) is 0 Å². The van der Waals surface area contributed by atoms with Crippen LogP contribution in [-0.2, 0) is 9.53 Å². The third-order valence-electron chi connectivity index (χ3n) is 2.04. The number of alkyl halides is 2. The molecule has 0 aliphatic carbocycles. The van der Waals surface area contributed by atoms with Crippen LogP contribution in [0.3, 0.4) is 0 Å². The second-order valence-corrected chi connectivity index (χ2v) is 3.29. The van der Waals surface area contributed by atoms with E-state index in [9.17, 15) is 18.4 Å². The molecule has 0 radical (unpaired) electrons. The number of carbonyl (C=O) groups is 2. The highest BCUT2D eigenvalue weighted by Gasteiger charge is 2.50. The van der Waals surface area contributed by atoms with Crippen LogP contribution < -0.4 is 0 Å². The first kappa shape index (κ1) is 13.2. The van der Waals surface area contributed by atoms with Gasteiger partial charge < -0.3 is 4.74 Å². The molecule has 0 aromatic carbocycles. The molecule has 6 heteroatoms. The summed E-state index contributed by atoms with van der Waals surface area (Å²) in [5.41, 5.74) is -0.146. The van der Waals surface area contributed by atoms with Crippen LogP contribution in [0.15, 0.2) is 18.3 Å². The van der Waals surface area contributed by atoms with E-state index in [-0.39, 0.29) is 12.2 Å². The Balaban J connectivity index is 3.05. The van der Waals surface area contributed by atoms with Gasteiger partial charge in [0.2, 0.25) is 0 Å². The molecule has 0 fully saturated rings. The summed E-state index contributed by atoms with van der Waals surface area (Å²) >= 11 is 0. The molecule has 92 valence electrons. The van der Waals surface area contributed by atoms with Crippen LogP contribution in [0, 0.1) is 6.92 Å². The van der Waals surface area contributed by atoms with Gasteiger partial charge in [0, 0.05) is 6.20 Å². The average Bonchev–Trinajstić information content (AvgIpc) is 2.29. The molecule has 4 nitrogen and oxygen atoms in total. The van der Waals surface area contributed by atoms with Crippen LogP contribution in [0.5, 0.6) is 0 Å². The third-order valence-corrected chi connectivity index (χ3v) is 2.04. The smallest absolute Gasteiger partial charge is 0.405 e. The van der Waals surface area contributed by atoms with Crippen molar-refractivity contribution in [3.63, 3.8) is 0 Å². The van der Waals surface area contributed by atoms with E-state index in [1.165, 1.54) is 32.2 Å². The third kappa shape index (κ3) is 2.64.